The van der Waals surface area contributed by atoms with Gasteiger partial charge in [-0.25, -0.2) is 9.18 Å². The zero-order chi connectivity index (χ0) is 20.1. The lowest BCUT2D eigenvalue weighted by molar-refractivity contribution is 0.148. The summed E-state index contributed by atoms with van der Waals surface area (Å²) in [5.74, 6) is -0.138. The molecule has 2 amide bonds. The number of hydrogen-bond acceptors (Lipinski definition) is 3. The standard InChI is InChI=1S/C23H29FN4O/c24-22-6-2-1-5-19(22)11-14-26-15-17-28(18-16-26)23(29)25-20-7-9-21(10-8-20)27-12-3-4-13-27/h1-2,5-10H,3-4,11-18H2,(H,25,29). The molecule has 6 heteroatoms. The second kappa shape index (κ2) is 9.27. The third kappa shape index (κ3) is 5.07. The van der Waals surface area contributed by atoms with E-state index in [0.29, 0.717) is 19.5 Å². The van der Waals surface area contributed by atoms with Gasteiger partial charge in [-0.1, -0.05) is 18.2 Å². The summed E-state index contributed by atoms with van der Waals surface area (Å²) in [5, 5.41) is 3.01. The molecular formula is C23H29FN4O. The van der Waals surface area contributed by atoms with E-state index in [0.717, 1.165) is 44.0 Å². The highest BCUT2D eigenvalue weighted by molar-refractivity contribution is 5.89. The van der Waals surface area contributed by atoms with E-state index in [9.17, 15) is 9.18 Å². The molecule has 2 saturated heterocycles. The Morgan fingerprint density at radius 3 is 2.28 bits per heavy atom. The van der Waals surface area contributed by atoms with Crippen LogP contribution >= 0.6 is 0 Å². The maximum atomic E-state index is 13.7. The van der Waals surface area contributed by atoms with E-state index >= 15 is 0 Å². The van der Waals surface area contributed by atoms with Gasteiger partial charge in [0.1, 0.15) is 5.82 Å². The molecule has 29 heavy (non-hydrogen) atoms. The van der Waals surface area contributed by atoms with Crippen molar-refractivity contribution in [3.63, 3.8) is 0 Å². The number of carbonyl (C=O) groups is 1. The van der Waals surface area contributed by atoms with Crippen LogP contribution in [0.5, 0.6) is 0 Å². The molecule has 0 radical (unpaired) electrons. The van der Waals surface area contributed by atoms with Crippen LogP contribution in [0, 0.1) is 5.82 Å². The average molecular weight is 397 g/mol. The summed E-state index contributed by atoms with van der Waals surface area (Å²) < 4.78 is 13.7. The highest BCUT2D eigenvalue weighted by atomic mass is 19.1. The number of nitrogens with zero attached hydrogens (tertiary/aromatic N) is 3. The predicted molar refractivity (Wildman–Crippen MR) is 115 cm³/mol. The molecule has 154 valence electrons. The maximum absolute atomic E-state index is 13.7. The quantitative estimate of drug-likeness (QED) is 0.835. The summed E-state index contributed by atoms with van der Waals surface area (Å²) in [4.78, 5) is 19.1. The van der Waals surface area contributed by atoms with Gasteiger partial charge in [-0.15, -0.1) is 0 Å². The van der Waals surface area contributed by atoms with Crippen LogP contribution < -0.4 is 10.2 Å². The average Bonchev–Trinajstić information content (AvgIpc) is 3.29. The van der Waals surface area contributed by atoms with Gasteiger partial charge in [-0.05, 0) is 55.2 Å². The molecule has 4 rings (SSSR count). The molecule has 0 spiro atoms. The van der Waals surface area contributed by atoms with Crippen LogP contribution in [-0.2, 0) is 6.42 Å². The molecule has 0 aromatic heterocycles. The Hall–Kier alpha value is -2.60. The van der Waals surface area contributed by atoms with Crippen LogP contribution in [0.4, 0.5) is 20.6 Å². The lowest BCUT2D eigenvalue weighted by Gasteiger charge is -2.34. The van der Waals surface area contributed by atoms with Crippen molar-refractivity contribution in [2.45, 2.75) is 19.3 Å². The highest BCUT2D eigenvalue weighted by Crippen LogP contribution is 2.22. The summed E-state index contributed by atoms with van der Waals surface area (Å²) in [6, 6.07) is 15.0. The number of benzene rings is 2. The van der Waals surface area contributed by atoms with Crippen LogP contribution in [0.3, 0.4) is 0 Å². The first kappa shape index (κ1) is 19.7. The van der Waals surface area contributed by atoms with Crippen molar-refractivity contribution in [1.29, 1.82) is 0 Å². The van der Waals surface area contributed by atoms with Crippen molar-refractivity contribution in [2.75, 3.05) is 56.0 Å². The molecule has 2 aliphatic rings. The SMILES string of the molecule is O=C(Nc1ccc(N2CCCC2)cc1)N1CCN(CCc2ccccc2F)CC1. The molecule has 0 atom stereocenters. The van der Waals surface area contributed by atoms with Crippen molar-refractivity contribution in [1.82, 2.24) is 9.80 Å². The van der Waals surface area contributed by atoms with Crippen LogP contribution in [0.1, 0.15) is 18.4 Å². The number of hydrogen-bond donors (Lipinski definition) is 1. The van der Waals surface area contributed by atoms with Gasteiger partial charge in [0.15, 0.2) is 0 Å². The number of rotatable bonds is 5. The maximum Gasteiger partial charge on any atom is 0.321 e. The van der Waals surface area contributed by atoms with Gasteiger partial charge < -0.3 is 15.1 Å². The Labute approximate surface area is 172 Å². The van der Waals surface area contributed by atoms with E-state index in [1.165, 1.54) is 24.6 Å². The summed E-state index contributed by atoms with van der Waals surface area (Å²) in [7, 11) is 0. The van der Waals surface area contributed by atoms with E-state index < -0.39 is 0 Å². The van der Waals surface area contributed by atoms with E-state index in [-0.39, 0.29) is 11.8 Å². The molecule has 0 unspecified atom stereocenters. The third-order valence-electron chi connectivity index (χ3n) is 5.90. The summed E-state index contributed by atoms with van der Waals surface area (Å²) in [6.07, 6.45) is 3.21. The topological polar surface area (TPSA) is 38.8 Å². The molecule has 5 nitrogen and oxygen atoms in total. The number of carbonyl (C=O) groups excluding carboxylic acids is 1. The van der Waals surface area contributed by atoms with E-state index in [1.807, 2.05) is 29.2 Å². The second-order valence-electron chi connectivity index (χ2n) is 7.84. The highest BCUT2D eigenvalue weighted by Gasteiger charge is 2.21. The van der Waals surface area contributed by atoms with Gasteiger partial charge in [0.25, 0.3) is 0 Å². The van der Waals surface area contributed by atoms with E-state index in [4.69, 9.17) is 0 Å². The number of nitrogens with one attached hydrogen (secondary N) is 1. The fraction of sp³-hybridized carbons (Fsp3) is 0.435. The Morgan fingerprint density at radius 2 is 1.59 bits per heavy atom. The molecule has 0 bridgehead atoms. The van der Waals surface area contributed by atoms with Crippen LogP contribution in [-0.4, -0.2) is 61.6 Å². The first-order valence-electron chi connectivity index (χ1n) is 10.6. The van der Waals surface area contributed by atoms with Crippen LogP contribution in [0.2, 0.25) is 0 Å². The Morgan fingerprint density at radius 1 is 0.897 bits per heavy atom. The summed E-state index contributed by atoms with van der Waals surface area (Å²) in [6.45, 7) is 6.06. The molecule has 2 aromatic carbocycles. The molecule has 2 aliphatic heterocycles. The van der Waals surface area contributed by atoms with Crippen molar-refractivity contribution in [3.05, 3.63) is 59.9 Å². The Kier molecular flexibility index (Phi) is 6.30. The fourth-order valence-corrected chi connectivity index (χ4v) is 4.09. The lowest BCUT2D eigenvalue weighted by atomic mass is 10.1. The van der Waals surface area contributed by atoms with Gasteiger partial charge in [0, 0.05) is 57.2 Å². The Bertz CT molecular complexity index is 812. The molecule has 0 aliphatic carbocycles. The van der Waals surface area contributed by atoms with Crippen LogP contribution in [0.25, 0.3) is 0 Å². The smallest absolute Gasteiger partial charge is 0.321 e. The fourth-order valence-electron chi connectivity index (χ4n) is 4.09. The first-order chi connectivity index (χ1) is 14.2. The zero-order valence-electron chi connectivity index (χ0n) is 16.8. The minimum Gasteiger partial charge on any atom is -0.372 e. The number of amides is 2. The minimum atomic E-state index is -0.138. The van der Waals surface area contributed by atoms with Gasteiger partial charge >= 0.3 is 6.03 Å². The third-order valence-corrected chi connectivity index (χ3v) is 5.90. The van der Waals surface area contributed by atoms with Crippen molar-refractivity contribution < 1.29 is 9.18 Å². The van der Waals surface area contributed by atoms with Gasteiger partial charge in [-0.3, -0.25) is 4.90 Å². The lowest BCUT2D eigenvalue weighted by Crippen LogP contribution is -2.50. The Balaban J connectivity index is 1.22. The number of urea groups is 1. The number of anilines is 2. The zero-order valence-corrected chi connectivity index (χ0v) is 16.8. The van der Waals surface area contributed by atoms with Gasteiger partial charge in [0.2, 0.25) is 0 Å². The normalized spacial score (nSPS) is 17.6. The van der Waals surface area contributed by atoms with Crippen molar-refractivity contribution >= 4 is 17.4 Å². The van der Waals surface area contributed by atoms with Crippen molar-refractivity contribution in [3.8, 4) is 0 Å². The molecule has 2 heterocycles. The van der Waals surface area contributed by atoms with Gasteiger partial charge in [0.05, 0.1) is 0 Å². The first-order valence-corrected chi connectivity index (χ1v) is 10.6. The molecule has 1 N–H and O–H groups in total. The predicted octanol–water partition coefficient (Wildman–Crippen LogP) is 3.82. The summed E-state index contributed by atoms with van der Waals surface area (Å²) in [5.41, 5.74) is 2.81. The molecule has 2 aromatic rings. The minimum absolute atomic E-state index is 0.0484. The van der Waals surface area contributed by atoms with Gasteiger partial charge in [-0.2, -0.15) is 0 Å². The number of halogens is 1. The van der Waals surface area contributed by atoms with E-state index in [2.05, 4.69) is 27.2 Å². The molecule has 0 saturated carbocycles. The molecule has 2 fully saturated rings. The largest absolute Gasteiger partial charge is 0.372 e. The van der Waals surface area contributed by atoms with E-state index in [1.54, 1.807) is 6.07 Å². The molecular weight excluding hydrogens is 367 g/mol. The van der Waals surface area contributed by atoms with Crippen molar-refractivity contribution in [2.24, 2.45) is 0 Å². The van der Waals surface area contributed by atoms with Crippen LogP contribution in [0.15, 0.2) is 48.5 Å². The summed E-state index contributed by atoms with van der Waals surface area (Å²) >= 11 is 0. The second-order valence-corrected chi connectivity index (χ2v) is 7.84. The monoisotopic (exact) mass is 396 g/mol. The number of piperazine rings is 1.